The molecule has 0 aromatic heterocycles. The molecule has 1 aliphatic heterocycles. The van der Waals surface area contributed by atoms with Crippen LogP contribution in [0.4, 0.5) is 0 Å². The molecular formula is C13H26N2O. The minimum atomic E-state index is 0.301. The molecule has 3 heteroatoms. The summed E-state index contributed by atoms with van der Waals surface area (Å²) in [6, 6.07) is 0.667. The van der Waals surface area contributed by atoms with E-state index in [1.165, 1.54) is 51.6 Å². The largest absolute Gasteiger partial charge is 0.395 e. The van der Waals surface area contributed by atoms with E-state index in [1.807, 2.05) is 0 Å². The van der Waals surface area contributed by atoms with Crippen LogP contribution in [0, 0.1) is 5.92 Å². The van der Waals surface area contributed by atoms with Crippen molar-refractivity contribution in [1.29, 1.82) is 0 Å². The summed E-state index contributed by atoms with van der Waals surface area (Å²) < 4.78 is 0. The SMILES string of the molecule is OCCN1CCCC(NCC2CCCC2)C1. The van der Waals surface area contributed by atoms with Crippen molar-refractivity contribution in [2.45, 2.75) is 44.6 Å². The summed E-state index contributed by atoms with van der Waals surface area (Å²) in [6.07, 6.45) is 8.33. The smallest absolute Gasteiger partial charge is 0.0558 e. The van der Waals surface area contributed by atoms with Crippen LogP contribution in [0.3, 0.4) is 0 Å². The molecule has 1 atom stereocenters. The molecule has 3 nitrogen and oxygen atoms in total. The van der Waals surface area contributed by atoms with Gasteiger partial charge in [0.2, 0.25) is 0 Å². The minimum Gasteiger partial charge on any atom is -0.395 e. The highest BCUT2D eigenvalue weighted by atomic mass is 16.3. The van der Waals surface area contributed by atoms with E-state index in [0.29, 0.717) is 12.6 Å². The third-order valence-corrected chi connectivity index (χ3v) is 4.09. The van der Waals surface area contributed by atoms with E-state index < -0.39 is 0 Å². The van der Waals surface area contributed by atoms with E-state index >= 15 is 0 Å². The zero-order valence-electron chi connectivity index (χ0n) is 10.3. The number of hydrogen-bond acceptors (Lipinski definition) is 3. The summed E-state index contributed by atoms with van der Waals surface area (Å²) in [7, 11) is 0. The first-order chi connectivity index (χ1) is 7.88. The number of aliphatic hydroxyl groups is 1. The molecule has 0 aromatic rings. The summed E-state index contributed by atoms with van der Waals surface area (Å²) in [4.78, 5) is 2.38. The van der Waals surface area contributed by atoms with Crippen LogP contribution in [0.25, 0.3) is 0 Å². The second kappa shape index (κ2) is 6.58. The summed E-state index contributed by atoms with van der Waals surface area (Å²) >= 11 is 0. The first-order valence-electron chi connectivity index (χ1n) is 6.95. The number of hydrogen-bond donors (Lipinski definition) is 2. The molecule has 2 aliphatic rings. The van der Waals surface area contributed by atoms with E-state index in [2.05, 4.69) is 10.2 Å². The second-order valence-electron chi connectivity index (χ2n) is 5.42. The quantitative estimate of drug-likeness (QED) is 0.740. The van der Waals surface area contributed by atoms with Crippen molar-refractivity contribution in [2.75, 3.05) is 32.8 Å². The second-order valence-corrected chi connectivity index (χ2v) is 5.42. The normalized spacial score (nSPS) is 28.7. The van der Waals surface area contributed by atoms with Gasteiger partial charge >= 0.3 is 0 Å². The topological polar surface area (TPSA) is 35.5 Å². The van der Waals surface area contributed by atoms with Gasteiger partial charge in [0.05, 0.1) is 6.61 Å². The molecule has 0 amide bonds. The van der Waals surface area contributed by atoms with Crippen LogP contribution in [0.15, 0.2) is 0 Å². The van der Waals surface area contributed by atoms with Crippen molar-refractivity contribution < 1.29 is 5.11 Å². The third-order valence-electron chi connectivity index (χ3n) is 4.09. The molecule has 1 heterocycles. The van der Waals surface area contributed by atoms with Crippen molar-refractivity contribution in [3.63, 3.8) is 0 Å². The van der Waals surface area contributed by atoms with Gasteiger partial charge in [0.1, 0.15) is 0 Å². The molecule has 0 spiro atoms. The van der Waals surface area contributed by atoms with E-state index in [1.54, 1.807) is 0 Å². The van der Waals surface area contributed by atoms with Gasteiger partial charge in [-0.05, 0) is 44.7 Å². The van der Waals surface area contributed by atoms with Crippen molar-refractivity contribution in [2.24, 2.45) is 5.92 Å². The molecule has 0 aromatic carbocycles. The zero-order valence-corrected chi connectivity index (χ0v) is 10.3. The highest BCUT2D eigenvalue weighted by molar-refractivity contribution is 4.80. The Hall–Kier alpha value is -0.120. The van der Waals surface area contributed by atoms with Crippen molar-refractivity contribution in [3.8, 4) is 0 Å². The van der Waals surface area contributed by atoms with Gasteiger partial charge in [-0.25, -0.2) is 0 Å². The summed E-state index contributed by atoms with van der Waals surface area (Å²) in [6.45, 7) is 4.67. The van der Waals surface area contributed by atoms with E-state index in [9.17, 15) is 0 Å². The first kappa shape index (κ1) is 12.3. The fourth-order valence-electron chi connectivity index (χ4n) is 3.11. The monoisotopic (exact) mass is 226 g/mol. The summed E-state index contributed by atoms with van der Waals surface area (Å²) in [5.41, 5.74) is 0. The fraction of sp³-hybridized carbons (Fsp3) is 1.00. The Morgan fingerprint density at radius 2 is 1.94 bits per heavy atom. The Balaban J connectivity index is 1.64. The zero-order chi connectivity index (χ0) is 11.2. The van der Waals surface area contributed by atoms with Gasteiger partial charge in [-0.1, -0.05) is 12.8 Å². The molecule has 1 unspecified atom stereocenters. The van der Waals surface area contributed by atoms with Crippen molar-refractivity contribution >= 4 is 0 Å². The minimum absolute atomic E-state index is 0.301. The maximum Gasteiger partial charge on any atom is 0.0558 e. The lowest BCUT2D eigenvalue weighted by Gasteiger charge is -2.33. The molecule has 2 fully saturated rings. The number of β-amino-alcohol motifs (C(OH)–C–C–N with tert-alkyl or cyclic N) is 1. The standard InChI is InChI=1S/C13H26N2O/c16-9-8-15-7-3-6-13(11-15)14-10-12-4-1-2-5-12/h12-14,16H,1-11H2. The molecule has 0 bridgehead atoms. The molecule has 1 saturated heterocycles. The molecule has 0 radical (unpaired) electrons. The van der Waals surface area contributed by atoms with Crippen LogP contribution >= 0.6 is 0 Å². The Bertz CT molecular complexity index is 190. The average molecular weight is 226 g/mol. The maximum atomic E-state index is 8.95. The average Bonchev–Trinajstić information content (AvgIpc) is 2.80. The van der Waals surface area contributed by atoms with Crippen molar-refractivity contribution in [3.05, 3.63) is 0 Å². The van der Waals surface area contributed by atoms with E-state index in [-0.39, 0.29) is 0 Å². The number of rotatable bonds is 5. The van der Waals surface area contributed by atoms with Crippen LogP contribution in [0.1, 0.15) is 38.5 Å². The first-order valence-corrected chi connectivity index (χ1v) is 6.95. The molecular weight excluding hydrogens is 200 g/mol. The predicted molar refractivity (Wildman–Crippen MR) is 66.5 cm³/mol. The van der Waals surface area contributed by atoms with Gasteiger partial charge < -0.3 is 10.4 Å². The molecule has 2 rings (SSSR count). The Morgan fingerprint density at radius 3 is 2.69 bits per heavy atom. The van der Waals surface area contributed by atoms with Gasteiger partial charge in [0, 0.05) is 19.1 Å². The molecule has 2 N–H and O–H groups in total. The lowest BCUT2D eigenvalue weighted by atomic mass is 10.0. The van der Waals surface area contributed by atoms with Crippen LogP contribution in [-0.2, 0) is 0 Å². The van der Waals surface area contributed by atoms with E-state index in [4.69, 9.17) is 5.11 Å². The van der Waals surface area contributed by atoms with Gasteiger partial charge in [0.15, 0.2) is 0 Å². The Labute approximate surface area is 99.2 Å². The van der Waals surface area contributed by atoms with Crippen LogP contribution < -0.4 is 5.32 Å². The number of likely N-dealkylation sites (tertiary alicyclic amines) is 1. The highest BCUT2D eigenvalue weighted by Crippen LogP contribution is 2.24. The lowest BCUT2D eigenvalue weighted by Crippen LogP contribution is -2.47. The number of piperidine rings is 1. The van der Waals surface area contributed by atoms with Crippen LogP contribution in [0.5, 0.6) is 0 Å². The molecule has 16 heavy (non-hydrogen) atoms. The molecule has 1 saturated carbocycles. The Kier molecular flexibility index (Phi) is 5.07. The number of nitrogens with zero attached hydrogens (tertiary/aromatic N) is 1. The fourth-order valence-corrected chi connectivity index (χ4v) is 3.11. The lowest BCUT2D eigenvalue weighted by molar-refractivity contribution is 0.150. The summed E-state index contributed by atoms with van der Waals surface area (Å²) in [5.74, 6) is 0.938. The van der Waals surface area contributed by atoms with Gasteiger partial charge in [0.25, 0.3) is 0 Å². The number of nitrogens with one attached hydrogen (secondary N) is 1. The number of aliphatic hydroxyl groups excluding tert-OH is 1. The predicted octanol–water partition coefficient (Wildman–Crippen LogP) is 1.22. The summed E-state index contributed by atoms with van der Waals surface area (Å²) in [5, 5.41) is 12.7. The Morgan fingerprint density at radius 1 is 1.12 bits per heavy atom. The molecule has 1 aliphatic carbocycles. The maximum absolute atomic E-state index is 8.95. The van der Waals surface area contributed by atoms with Gasteiger partial charge in [-0.3, -0.25) is 4.90 Å². The van der Waals surface area contributed by atoms with Gasteiger partial charge in [-0.15, -0.1) is 0 Å². The van der Waals surface area contributed by atoms with Crippen LogP contribution in [0.2, 0.25) is 0 Å². The molecule has 94 valence electrons. The third kappa shape index (κ3) is 3.72. The highest BCUT2D eigenvalue weighted by Gasteiger charge is 2.21. The van der Waals surface area contributed by atoms with E-state index in [0.717, 1.165) is 19.0 Å². The van der Waals surface area contributed by atoms with Crippen LogP contribution in [-0.4, -0.2) is 48.8 Å². The van der Waals surface area contributed by atoms with Gasteiger partial charge in [-0.2, -0.15) is 0 Å². The van der Waals surface area contributed by atoms with Crippen molar-refractivity contribution in [1.82, 2.24) is 10.2 Å².